The van der Waals surface area contributed by atoms with E-state index in [1.54, 1.807) is 6.92 Å². The molecule has 0 spiro atoms. The second-order valence-electron chi connectivity index (χ2n) is 5.01. The Kier molecular flexibility index (Phi) is 4.05. The van der Waals surface area contributed by atoms with Crippen molar-refractivity contribution in [1.82, 2.24) is 15.0 Å². The Morgan fingerprint density at radius 2 is 1.83 bits per heavy atom. The van der Waals surface area contributed by atoms with Crippen LogP contribution in [-0.4, -0.2) is 26.1 Å². The van der Waals surface area contributed by atoms with E-state index in [-0.39, 0.29) is 5.69 Å². The molecule has 6 heteroatoms. The van der Waals surface area contributed by atoms with E-state index in [0.29, 0.717) is 12.3 Å². The van der Waals surface area contributed by atoms with E-state index in [1.807, 2.05) is 54.6 Å². The Morgan fingerprint density at radius 3 is 2.43 bits per heavy atom. The van der Waals surface area contributed by atoms with Gasteiger partial charge in [0.2, 0.25) is 0 Å². The minimum absolute atomic E-state index is 0.0468. The quantitative estimate of drug-likeness (QED) is 0.784. The summed E-state index contributed by atoms with van der Waals surface area (Å²) in [5, 5.41) is 16.6. The van der Waals surface area contributed by atoms with Crippen LogP contribution in [0.3, 0.4) is 0 Å². The van der Waals surface area contributed by atoms with Gasteiger partial charge in [-0.2, -0.15) is 0 Å². The highest BCUT2D eigenvalue weighted by Gasteiger charge is 2.15. The molecule has 1 aromatic heterocycles. The van der Waals surface area contributed by atoms with Crippen molar-refractivity contribution in [3.05, 3.63) is 71.5 Å². The van der Waals surface area contributed by atoms with Crippen molar-refractivity contribution in [1.29, 1.82) is 0 Å². The van der Waals surface area contributed by atoms with Gasteiger partial charge in [-0.3, -0.25) is 0 Å². The first-order chi connectivity index (χ1) is 11.1. The maximum atomic E-state index is 11.0. The molecule has 0 aliphatic carbocycles. The van der Waals surface area contributed by atoms with Crippen LogP contribution in [0.15, 0.2) is 54.6 Å². The highest BCUT2D eigenvalue weighted by atomic mass is 16.5. The van der Waals surface area contributed by atoms with Gasteiger partial charge in [0, 0.05) is 0 Å². The fraction of sp³-hybridized carbons (Fsp3) is 0.118. The molecule has 0 bridgehead atoms. The lowest BCUT2D eigenvalue weighted by Crippen LogP contribution is -2.02. The third-order valence-electron chi connectivity index (χ3n) is 3.43. The van der Waals surface area contributed by atoms with Crippen molar-refractivity contribution in [3.63, 3.8) is 0 Å². The standard InChI is InChI=1S/C17H15N3O3/c1-12-16(17(21)22)18-19-20(12)14-7-9-15(10-8-14)23-11-13-5-3-2-4-6-13/h2-10H,11H2,1H3,(H,21,22). The van der Waals surface area contributed by atoms with Gasteiger partial charge < -0.3 is 9.84 Å². The van der Waals surface area contributed by atoms with E-state index in [2.05, 4.69) is 10.3 Å². The van der Waals surface area contributed by atoms with Gasteiger partial charge in [0.15, 0.2) is 5.69 Å². The number of carboxylic acid groups (broad SMARTS) is 1. The fourth-order valence-corrected chi connectivity index (χ4v) is 2.20. The lowest BCUT2D eigenvalue weighted by Gasteiger charge is -2.08. The van der Waals surface area contributed by atoms with Gasteiger partial charge in [-0.05, 0) is 36.8 Å². The van der Waals surface area contributed by atoms with Crippen LogP contribution in [0.4, 0.5) is 0 Å². The Bertz CT molecular complexity index is 811. The molecular formula is C17H15N3O3. The molecule has 1 heterocycles. The molecule has 0 radical (unpaired) electrons. The van der Waals surface area contributed by atoms with Crippen LogP contribution < -0.4 is 4.74 Å². The molecule has 0 fully saturated rings. The summed E-state index contributed by atoms with van der Waals surface area (Å²) in [5.74, 6) is -0.356. The van der Waals surface area contributed by atoms with Crippen LogP contribution in [0.1, 0.15) is 21.7 Å². The number of ether oxygens (including phenoxy) is 1. The lowest BCUT2D eigenvalue weighted by molar-refractivity contribution is 0.0689. The number of hydrogen-bond acceptors (Lipinski definition) is 4. The number of aromatic carboxylic acids is 1. The van der Waals surface area contributed by atoms with E-state index >= 15 is 0 Å². The molecule has 3 rings (SSSR count). The van der Waals surface area contributed by atoms with Gasteiger partial charge >= 0.3 is 5.97 Å². The van der Waals surface area contributed by atoms with Crippen LogP contribution in [0.2, 0.25) is 0 Å². The molecule has 116 valence electrons. The minimum Gasteiger partial charge on any atom is -0.489 e. The second-order valence-corrected chi connectivity index (χ2v) is 5.01. The predicted octanol–water partition coefficient (Wildman–Crippen LogP) is 2.85. The molecule has 0 saturated carbocycles. The third kappa shape index (κ3) is 3.21. The average Bonchev–Trinajstić information content (AvgIpc) is 2.96. The number of benzene rings is 2. The molecule has 6 nitrogen and oxygen atoms in total. The monoisotopic (exact) mass is 309 g/mol. The third-order valence-corrected chi connectivity index (χ3v) is 3.43. The Labute approximate surface area is 133 Å². The van der Waals surface area contributed by atoms with Crippen molar-refractivity contribution in [2.24, 2.45) is 0 Å². The van der Waals surface area contributed by atoms with Crippen molar-refractivity contribution >= 4 is 5.97 Å². The Morgan fingerprint density at radius 1 is 1.13 bits per heavy atom. The molecule has 0 unspecified atom stereocenters. The molecular weight excluding hydrogens is 294 g/mol. The first kappa shape index (κ1) is 14.8. The summed E-state index contributed by atoms with van der Waals surface area (Å²) in [6, 6.07) is 17.2. The zero-order valence-corrected chi connectivity index (χ0v) is 12.5. The summed E-state index contributed by atoms with van der Waals surface area (Å²) in [7, 11) is 0. The van der Waals surface area contributed by atoms with Gasteiger partial charge in [-0.25, -0.2) is 9.48 Å². The summed E-state index contributed by atoms with van der Waals surface area (Å²) < 4.78 is 7.21. The number of carboxylic acids is 1. The van der Waals surface area contributed by atoms with Gasteiger partial charge in [0.05, 0.1) is 11.4 Å². The first-order valence-corrected chi connectivity index (χ1v) is 7.08. The van der Waals surface area contributed by atoms with Crippen LogP contribution in [0.5, 0.6) is 5.75 Å². The minimum atomic E-state index is -1.09. The van der Waals surface area contributed by atoms with Gasteiger partial charge in [0.1, 0.15) is 12.4 Å². The van der Waals surface area contributed by atoms with Crippen LogP contribution >= 0.6 is 0 Å². The Balaban J connectivity index is 1.73. The van der Waals surface area contributed by atoms with Crippen molar-refractivity contribution in [3.8, 4) is 11.4 Å². The number of aromatic nitrogens is 3. The predicted molar refractivity (Wildman–Crippen MR) is 83.8 cm³/mol. The SMILES string of the molecule is Cc1c(C(=O)O)nnn1-c1ccc(OCc2ccccc2)cc1. The molecule has 23 heavy (non-hydrogen) atoms. The molecule has 0 aliphatic rings. The summed E-state index contributed by atoms with van der Waals surface area (Å²) in [5.41, 5.74) is 2.26. The molecule has 2 aromatic carbocycles. The van der Waals surface area contributed by atoms with E-state index in [4.69, 9.17) is 9.84 Å². The van der Waals surface area contributed by atoms with Gasteiger partial charge in [-0.15, -0.1) is 5.10 Å². The molecule has 0 aliphatic heterocycles. The first-order valence-electron chi connectivity index (χ1n) is 7.08. The van der Waals surface area contributed by atoms with Crippen molar-refractivity contribution in [2.45, 2.75) is 13.5 Å². The maximum absolute atomic E-state index is 11.0. The number of hydrogen-bond donors (Lipinski definition) is 1. The summed E-state index contributed by atoms with van der Waals surface area (Å²) in [4.78, 5) is 11.0. The summed E-state index contributed by atoms with van der Waals surface area (Å²) in [6.07, 6.45) is 0. The van der Waals surface area contributed by atoms with Crippen LogP contribution in [-0.2, 0) is 6.61 Å². The smallest absolute Gasteiger partial charge is 0.358 e. The average molecular weight is 309 g/mol. The van der Waals surface area contributed by atoms with Crippen LogP contribution in [0.25, 0.3) is 5.69 Å². The van der Waals surface area contributed by atoms with Gasteiger partial charge in [0.25, 0.3) is 0 Å². The number of nitrogens with zero attached hydrogens (tertiary/aromatic N) is 3. The van der Waals surface area contributed by atoms with E-state index in [9.17, 15) is 4.79 Å². The second kappa shape index (κ2) is 6.31. The highest BCUT2D eigenvalue weighted by Crippen LogP contribution is 2.18. The van der Waals surface area contributed by atoms with Gasteiger partial charge in [-0.1, -0.05) is 35.5 Å². The number of carbonyl (C=O) groups is 1. The zero-order chi connectivity index (χ0) is 16.2. The zero-order valence-electron chi connectivity index (χ0n) is 12.5. The topological polar surface area (TPSA) is 77.2 Å². The van der Waals surface area contributed by atoms with E-state index < -0.39 is 5.97 Å². The fourth-order valence-electron chi connectivity index (χ4n) is 2.20. The molecule has 0 amide bonds. The normalized spacial score (nSPS) is 10.5. The van der Waals surface area contributed by atoms with Crippen molar-refractivity contribution < 1.29 is 14.6 Å². The highest BCUT2D eigenvalue weighted by molar-refractivity contribution is 5.86. The molecule has 0 atom stereocenters. The lowest BCUT2D eigenvalue weighted by atomic mass is 10.2. The summed E-state index contributed by atoms with van der Waals surface area (Å²) in [6.45, 7) is 2.16. The summed E-state index contributed by atoms with van der Waals surface area (Å²) >= 11 is 0. The largest absolute Gasteiger partial charge is 0.489 e. The Hall–Kier alpha value is -3.15. The van der Waals surface area contributed by atoms with Crippen LogP contribution in [0, 0.1) is 6.92 Å². The maximum Gasteiger partial charge on any atom is 0.358 e. The van der Waals surface area contributed by atoms with E-state index in [1.165, 1.54) is 4.68 Å². The molecule has 1 N–H and O–H groups in total. The van der Waals surface area contributed by atoms with Crippen molar-refractivity contribution in [2.75, 3.05) is 0 Å². The molecule has 3 aromatic rings. The van der Waals surface area contributed by atoms with E-state index in [0.717, 1.165) is 17.0 Å². The molecule has 0 saturated heterocycles. The number of rotatable bonds is 5.